The highest BCUT2D eigenvalue weighted by molar-refractivity contribution is 5.65. The lowest BCUT2D eigenvalue weighted by Crippen LogP contribution is -2.29. The zero-order chi connectivity index (χ0) is 14.5. The van der Waals surface area contributed by atoms with Gasteiger partial charge in [0.05, 0.1) is 11.5 Å². The Morgan fingerprint density at radius 3 is 2.75 bits per heavy atom. The number of benzene rings is 1. The van der Waals surface area contributed by atoms with Crippen LogP contribution in [0.2, 0.25) is 0 Å². The van der Waals surface area contributed by atoms with Crippen LogP contribution in [0.5, 0.6) is 0 Å². The Morgan fingerprint density at radius 1 is 1.45 bits per heavy atom. The first-order chi connectivity index (χ1) is 9.65. The second kappa shape index (κ2) is 6.56. The van der Waals surface area contributed by atoms with Crippen molar-refractivity contribution < 1.29 is 9.66 Å². The van der Waals surface area contributed by atoms with Gasteiger partial charge in [-0.05, 0) is 25.8 Å². The summed E-state index contributed by atoms with van der Waals surface area (Å²) >= 11 is 0. The van der Waals surface area contributed by atoms with Crippen LogP contribution < -0.4 is 10.2 Å². The van der Waals surface area contributed by atoms with Crippen molar-refractivity contribution in [2.45, 2.75) is 25.8 Å². The van der Waals surface area contributed by atoms with Gasteiger partial charge < -0.3 is 15.0 Å². The molecule has 1 N–H and O–H groups in total. The predicted molar refractivity (Wildman–Crippen MR) is 79.5 cm³/mol. The normalized spacial score (nSPS) is 14.1. The highest BCUT2D eigenvalue weighted by Gasteiger charge is 2.30. The van der Waals surface area contributed by atoms with Gasteiger partial charge in [0.2, 0.25) is 0 Å². The molecule has 1 aromatic carbocycles. The van der Waals surface area contributed by atoms with Crippen molar-refractivity contribution in [1.82, 2.24) is 0 Å². The molecule has 6 nitrogen and oxygen atoms in total. The number of ether oxygens (including phenoxy) is 1. The molecule has 0 amide bonds. The standard InChI is InChI=1S/C14H21N3O3/c1-3-15-11-8-13(10-14(9-11)17(18)19)16(6-7-20-2)12-4-5-12/h8-10,12,15H,3-7H2,1-2H3. The van der Waals surface area contributed by atoms with E-state index in [9.17, 15) is 10.1 Å². The molecule has 1 fully saturated rings. The third-order valence-corrected chi connectivity index (χ3v) is 3.35. The molecule has 0 heterocycles. The summed E-state index contributed by atoms with van der Waals surface area (Å²) < 4.78 is 5.14. The second-order valence-electron chi connectivity index (χ2n) is 4.94. The lowest BCUT2D eigenvalue weighted by Gasteiger charge is -2.24. The van der Waals surface area contributed by atoms with Crippen LogP contribution >= 0.6 is 0 Å². The van der Waals surface area contributed by atoms with E-state index in [0.717, 1.165) is 37.3 Å². The number of rotatable bonds is 8. The highest BCUT2D eigenvalue weighted by atomic mass is 16.6. The minimum atomic E-state index is -0.342. The molecular weight excluding hydrogens is 258 g/mol. The molecular formula is C14H21N3O3. The summed E-state index contributed by atoms with van der Waals surface area (Å²) in [7, 11) is 1.67. The SMILES string of the molecule is CCNc1cc(N(CCOC)C2CC2)cc([N+](=O)[O-])c1. The molecule has 20 heavy (non-hydrogen) atoms. The van der Waals surface area contributed by atoms with E-state index in [1.165, 1.54) is 0 Å². The lowest BCUT2D eigenvalue weighted by molar-refractivity contribution is -0.384. The quantitative estimate of drug-likeness (QED) is 0.585. The smallest absolute Gasteiger partial charge is 0.273 e. The largest absolute Gasteiger partial charge is 0.385 e. The Morgan fingerprint density at radius 2 is 2.20 bits per heavy atom. The third kappa shape index (κ3) is 3.60. The Hall–Kier alpha value is -1.82. The number of anilines is 2. The molecule has 1 aliphatic rings. The van der Waals surface area contributed by atoms with E-state index < -0.39 is 0 Å². The Balaban J connectivity index is 2.28. The average Bonchev–Trinajstić information content (AvgIpc) is 3.24. The van der Waals surface area contributed by atoms with Gasteiger partial charge in [-0.2, -0.15) is 0 Å². The fourth-order valence-electron chi connectivity index (χ4n) is 2.27. The first kappa shape index (κ1) is 14.6. The number of nitro benzene ring substituents is 1. The van der Waals surface area contributed by atoms with Gasteiger partial charge in [0.15, 0.2) is 0 Å². The van der Waals surface area contributed by atoms with Crippen molar-refractivity contribution >= 4 is 17.1 Å². The number of hydrogen-bond donors (Lipinski definition) is 1. The van der Waals surface area contributed by atoms with Gasteiger partial charge in [-0.3, -0.25) is 10.1 Å². The third-order valence-electron chi connectivity index (χ3n) is 3.35. The van der Waals surface area contributed by atoms with E-state index in [2.05, 4.69) is 10.2 Å². The number of nitrogens with one attached hydrogen (secondary N) is 1. The number of hydrogen-bond acceptors (Lipinski definition) is 5. The van der Waals surface area contributed by atoms with E-state index in [4.69, 9.17) is 4.74 Å². The van der Waals surface area contributed by atoms with Gasteiger partial charge in [-0.1, -0.05) is 0 Å². The molecule has 0 atom stereocenters. The van der Waals surface area contributed by atoms with Gasteiger partial charge in [0, 0.05) is 49.7 Å². The number of non-ortho nitro benzene ring substituents is 1. The highest BCUT2D eigenvalue weighted by Crippen LogP contribution is 2.35. The maximum atomic E-state index is 11.1. The summed E-state index contributed by atoms with van der Waals surface area (Å²) in [6, 6.07) is 5.69. The van der Waals surface area contributed by atoms with Crippen LogP contribution in [0.1, 0.15) is 19.8 Å². The lowest BCUT2D eigenvalue weighted by atomic mass is 10.2. The number of methoxy groups -OCH3 is 1. The summed E-state index contributed by atoms with van der Waals surface area (Å²) in [5.41, 5.74) is 1.82. The first-order valence-corrected chi connectivity index (χ1v) is 6.94. The molecule has 0 unspecified atom stereocenters. The Labute approximate surface area is 118 Å². The van der Waals surface area contributed by atoms with Crippen molar-refractivity contribution in [2.75, 3.05) is 37.0 Å². The number of nitrogens with zero attached hydrogens (tertiary/aromatic N) is 2. The molecule has 1 aliphatic carbocycles. The van der Waals surface area contributed by atoms with Crippen LogP contribution in [-0.2, 0) is 4.74 Å². The van der Waals surface area contributed by atoms with Crippen molar-refractivity contribution in [3.8, 4) is 0 Å². The van der Waals surface area contributed by atoms with Crippen molar-refractivity contribution in [1.29, 1.82) is 0 Å². The minimum absolute atomic E-state index is 0.126. The first-order valence-electron chi connectivity index (χ1n) is 6.94. The summed E-state index contributed by atoms with van der Waals surface area (Å²) in [5, 5.41) is 14.2. The summed E-state index contributed by atoms with van der Waals surface area (Å²) in [5.74, 6) is 0. The molecule has 0 aromatic heterocycles. The fraction of sp³-hybridized carbons (Fsp3) is 0.571. The molecule has 0 radical (unpaired) electrons. The monoisotopic (exact) mass is 279 g/mol. The summed E-state index contributed by atoms with van der Waals surface area (Å²) in [4.78, 5) is 12.9. The van der Waals surface area contributed by atoms with Crippen LogP contribution in [0.4, 0.5) is 17.1 Å². The zero-order valence-electron chi connectivity index (χ0n) is 12.0. The van der Waals surface area contributed by atoms with E-state index in [1.54, 1.807) is 19.2 Å². The minimum Gasteiger partial charge on any atom is -0.385 e. The van der Waals surface area contributed by atoms with E-state index >= 15 is 0 Å². The fourth-order valence-corrected chi connectivity index (χ4v) is 2.27. The number of nitro groups is 1. The van der Waals surface area contributed by atoms with Gasteiger partial charge in [-0.25, -0.2) is 0 Å². The zero-order valence-corrected chi connectivity index (χ0v) is 12.0. The molecule has 0 saturated heterocycles. The maximum absolute atomic E-state index is 11.1. The van der Waals surface area contributed by atoms with Crippen LogP contribution in [-0.4, -0.2) is 37.8 Å². The van der Waals surface area contributed by atoms with Crippen LogP contribution in [0, 0.1) is 10.1 Å². The Bertz CT molecular complexity index is 475. The van der Waals surface area contributed by atoms with E-state index in [-0.39, 0.29) is 10.6 Å². The van der Waals surface area contributed by atoms with Crippen molar-refractivity contribution in [2.24, 2.45) is 0 Å². The van der Waals surface area contributed by atoms with Gasteiger partial charge in [0.25, 0.3) is 5.69 Å². The predicted octanol–water partition coefficient (Wildman–Crippen LogP) is 2.64. The van der Waals surface area contributed by atoms with Crippen molar-refractivity contribution in [3.05, 3.63) is 28.3 Å². The Kier molecular flexibility index (Phi) is 4.79. The van der Waals surface area contributed by atoms with E-state index in [1.807, 2.05) is 13.0 Å². The maximum Gasteiger partial charge on any atom is 0.273 e. The van der Waals surface area contributed by atoms with Crippen LogP contribution in [0.3, 0.4) is 0 Å². The molecule has 6 heteroatoms. The van der Waals surface area contributed by atoms with Crippen LogP contribution in [0.25, 0.3) is 0 Å². The molecule has 0 spiro atoms. The summed E-state index contributed by atoms with van der Waals surface area (Å²) in [6.45, 7) is 4.09. The summed E-state index contributed by atoms with van der Waals surface area (Å²) in [6.07, 6.45) is 2.28. The van der Waals surface area contributed by atoms with Crippen molar-refractivity contribution in [3.63, 3.8) is 0 Å². The van der Waals surface area contributed by atoms with Gasteiger partial charge in [-0.15, -0.1) is 0 Å². The molecule has 1 aromatic rings. The molecule has 1 saturated carbocycles. The second-order valence-corrected chi connectivity index (χ2v) is 4.94. The van der Waals surface area contributed by atoms with Gasteiger partial charge >= 0.3 is 0 Å². The molecule has 2 rings (SSSR count). The van der Waals surface area contributed by atoms with E-state index in [0.29, 0.717) is 12.6 Å². The average molecular weight is 279 g/mol. The molecule has 0 aliphatic heterocycles. The van der Waals surface area contributed by atoms with Gasteiger partial charge in [0.1, 0.15) is 0 Å². The topological polar surface area (TPSA) is 67.6 Å². The molecule has 110 valence electrons. The van der Waals surface area contributed by atoms with Crippen LogP contribution in [0.15, 0.2) is 18.2 Å². The molecule has 0 bridgehead atoms.